The van der Waals surface area contributed by atoms with Crippen molar-refractivity contribution in [3.8, 4) is 0 Å². The molecule has 4 heteroatoms. The SMILES string of the molecule is CC(O)C1CC(N(C(=O)C(C)(C)C)C2CCC(C)(C)CC2)CN1. The van der Waals surface area contributed by atoms with E-state index >= 15 is 0 Å². The van der Waals surface area contributed by atoms with E-state index in [1.807, 2.05) is 27.7 Å². The average Bonchev–Trinajstić information content (AvgIpc) is 2.89. The minimum atomic E-state index is -0.364. The molecule has 1 saturated carbocycles. The van der Waals surface area contributed by atoms with Gasteiger partial charge in [-0.2, -0.15) is 0 Å². The molecule has 0 bridgehead atoms. The Morgan fingerprint density at radius 3 is 2.22 bits per heavy atom. The second kappa shape index (κ2) is 6.72. The molecule has 2 aliphatic rings. The first-order chi connectivity index (χ1) is 10.5. The van der Waals surface area contributed by atoms with Crippen LogP contribution in [0.2, 0.25) is 0 Å². The zero-order valence-corrected chi connectivity index (χ0v) is 15.9. The molecule has 0 aromatic carbocycles. The summed E-state index contributed by atoms with van der Waals surface area (Å²) in [5.41, 5.74) is 0.0545. The molecule has 0 spiro atoms. The van der Waals surface area contributed by atoms with Gasteiger partial charge in [0.1, 0.15) is 0 Å². The predicted molar refractivity (Wildman–Crippen MR) is 94.2 cm³/mol. The Bertz CT molecular complexity index is 414. The van der Waals surface area contributed by atoms with Crippen molar-refractivity contribution in [1.29, 1.82) is 0 Å². The number of amides is 1. The highest BCUT2D eigenvalue weighted by molar-refractivity contribution is 5.82. The first-order valence-electron chi connectivity index (χ1n) is 9.25. The Kier molecular flexibility index (Phi) is 5.47. The molecule has 2 N–H and O–H groups in total. The minimum Gasteiger partial charge on any atom is -0.392 e. The summed E-state index contributed by atoms with van der Waals surface area (Å²) in [6, 6.07) is 0.678. The van der Waals surface area contributed by atoms with Crippen molar-refractivity contribution in [1.82, 2.24) is 10.2 Å². The summed E-state index contributed by atoms with van der Waals surface area (Å²) in [6.45, 7) is 13.4. The van der Waals surface area contributed by atoms with Crippen LogP contribution in [-0.2, 0) is 4.79 Å². The number of hydrogen-bond donors (Lipinski definition) is 2. The highest BCUT2D eigenvalue weighted by atomic mass is 16.3. The molecule has 1 saturated heterocycles. The fourth-order valence-electron chi connectivity index (χ4n) is 4.01. The summed E-state index contributed by atoms with van der Waals surface area (Å²) in [4.78, 5) is 15.3. The Balaban J connectivity index is 2.15. The zero-order chi connectivity index (χ0) is 17.4. The van der Waals surface area contributed by atoms with Crippen LogP contribution in [0.4, 0.5) is 0 Å². The van der Waals surface area contributed by atoms with Crippen LogP contribution in [0.3, 0.4) is 0 Å². The van der Waals surface area contributed by atoms with Gasteiger partial charge >= 0.3 is 0 Å². The molecule has 0 aromatic heterocycles. The van der Waals surface area contributed by atoms with Gasteiger partial charge in [-0.3, -0.25) is 4.79 Å². The summed E-state index contributed by atoms with van der Waals surface area (Å²) in [5, 5.41) is 13.3. The van der Waals surface area contributed by atoms with E-state index < -0.39 is 0 Å². The number of aliphatic hydroxyl groups is 1. The van der Waals surface area contributed by atoms with Gasteiger partial charge in [-0.25, -0.2) is 0 Å². The van der Waals surface area contributed by atoms with Crippen molar-refractivity contribution in [2.45, 2.75) is 97.9 Å². The lowest BCUT2D eigenvalue weighted by atomic mass is 9.74. The molecule has 1 amide bonds. The van der Waals surface area contributed by atoms with Gasteiger partial charge in [0.15, 0.2) is 0 Å². The smallest absolute Gasteiger partial charge is 0.228 e. The molecule has 2 fully saturated rings. The number of carbonyl (C=O) groups is 1. The fourth-order valence-corrected chi connectivity index (χ4v) is 4.01. The molecule has 0 aromatic rings. The first-order valence-corrected chi connectivity index (χ1v) is 9.25. The van der Waals surface area contributed by atoms with Crippen LogP contribution in [0.15, 0.2) is 0 Å². The van der Waals surface area contributed by atoms with E-state index in [0.717, 1.165) is 25.8 Å². The summed E-state index contributed by atoms with van der Waals surface area (Å²) < 4.78 is 0. The van der Waals surface area contributed by atoms with E-state index in [-0.39, 0.29) is 29.5 Å². The minimum absolute atomic E-state index is 0.107. The molecule has 4 nitrogen and oxygen atoms in total. The Hall–Kier alpha value is -0.610. The largest absolute Gasteiger partial charge is 0.392 e. The number of carbonyl (C=O) groups excluding carboxylic acids is 1. The molecule has 3 atom stereocenters. The lowest BCUT2D eigenvalue weighted by Gasteiger charge is -2.45. The van der Waals surface area contributed by atoms with Crippen LogP contribution < -0.4 is 5.32 Å². The molecule has 1 aliphatic carbocycles. The van der Waals surface area contributed by atoms with E-state index in [1.54, 1.807) is 0 Å². The molecule has 134 valence electrons. The Morgan fingerprint density at radius 2 is 1.78 bits per heavy atom. The van der Waals surface area contributed by atoms with Crippen molar-refractivity contribution >= 4 is 5.91 Å². The number of hydrogen-bond acceptors (Lipinski definition) is 3. The summed E-state index contributed by atoms with van der Waals surface area (Å²) >= 11 is 0. The van der Waals surface area contributed by atoms with Crippen molar-refractivity contribution in [3.05, 3.63) is 0 Å². The van der Waals surface area contributed by atoms with Crippen LogP contribution >= 0.6 is 0 Å². The maximum atomic E-state index is 13.1. The van der Waals surface area contributed by atoms with Gasteiger partial charge in [0.25, 0.3) is 0 Å². The normalized spacial score (nSPS) is 30.2. The number of rotatable bonds is 3. The summed E-state index contributed by atoms with van der Waals surface area (Å²) in [6.07, 6.45) is 5.07. The lowest BCUT2D eigenvalue weighted by Crippen LogP contribution is -2.53. The number of nitrogens with one attached hydrogen (secondary N) is 1. The second-order valence-corrected chi connectivity index (χ2v) is 9.50. The van der Waals surface area contributed by atoms with Gasteiger partial charge in [-0.1, -0.05) is 34.6 Å². The molecule has 1 aliphatic heterocycles. The molecule has 2 rings (SSSR count). The molecule has 3 unspecified atom stereocenters. The fraction of sp³-hybridized carbons (Fsp3) is 0.947. The van der Waals surface area contributed by atoms with Gasteiger partial charge < -0.3 is 15.3 Å². The van der Waals surface area contributed by atoms with Crippen molar-refractivity contribution in [2.75, 3.05) is 6.54 Å². The monoisotopic (exact) mass is 324 g/mol. The molecule has 0 radical (unpaired) electrons. The van der Waals surface area contributed by atoms with Crippen LogP contribution in [0.5, 0.6) is 0 Å². The number of aliphatic hydroxyl groups excluding tert-OH is 1. The second-order valence-electron chi connectivity index (χ2n) is 9.50. The van der Waals surface area contributed by atoms with E-state index in [1.165, 1.54) is 12.8 Å². The zero-order valence-electron chi connectivity index (χ0n) is 15.9. The lowest BCUT2D eigenvalue weighted by molar-refractivity contribution is -0.146. The molecule has 23 heavy (non-hydrogen) atoms. The van der Waals surface area contributed by atoms with Gasteiger partial charge in [0, 0.05) is 30.1 Å². The Labute approximate surface area is 142 Å². The molecule has 1 heterocycles. The summed E-state index contributed by atoms with van der Waals surface area (Å²) in [7, 11) is 0. The van der Waals surface area contributed by atoms with Crippen molar-refractivity contribution in [3.63, 3.8) is 0 Å². The van der Waals surface area contributed by atoms with Crippen LogP contribution in [-0.4, -0.2) is 46.7 Å². The predicted octanol–water partition coefficient (Wildman–Crippen LogP) is 2.94. The van der Waals surface area contributed by atoms with Crippen molar-refractivity contribution in [2.24, 2.45) is 10.8 Å². The van der Waals surface area contributed by atoms with E-state index in [2.05, 4.69) is 24.1 Å². The highest BCUT2D eigenvalue weighted by Gasteiger charge is 2.42. The maximum Gasteiger partial charge on any atom is 0.228 e. The molecular formula is C19H36N2O2. The first kappa shape index (κ1) is 18.7. The van der Waals surface area contributed by atoms with E-state index in [0.29, 0.717) is 11.5 Å². The third kappa shape index (κ3) is 4.48. The van der Waals surface area contributed by atoms with Gasteiger partial charge in [-0.15, -0.1) is 0 Å². The quantitative estimate of drug-likeness (QED) is 0.839. The third-order valence-corrected chi connectivity index (χ3v) is 5.70. The topological polar surface area (TPSA) is 52.6 Å². The van der Waals surface area contributed by atoms with Gasteiger partial charge in [0.2, 0.25) is 5.91 Å². The van der Waals surface area contributed by atoms with Gasteiger partial charge in [0.05, 0.1) is 6.10 Å². The van der Waals surface area contributed by atoms with Gasteiger partial charge in [-0.05, 0) is 44.4 Å². The van der Waals surface area contributed by atoms with Crippen LogP contribution in [0.25, 0.3) is 0 Å². The average molecular weight is 325 g/mol. The van der Waals surface area contributed by atoms with E-state index in [9.17, 15) is 9.90 Å². The van der Waals surface area contributed by atoms with Crippen LogP contribution in [0, 0.1) is 10.8 Å². The maximum absolute atomic E-state index is 13.1. The Morgan fingerprint density at radius 1 is 1.22 bits per heavy atom. The van der Waals surface area contributed by atoms with Crippen molar-refractivity contribution < 1.29 is 9.90 Å². The highest BCUT2D eigenvalue weighted by Crippen LogP contribution is 2.39. The standard InChI is InChI=1S/C19H36N2O2/c1-13(22)16-11-15(12-20-16)21(17(23)18(2,3)4)14-7-9-19(5,6)10-8-14/h13-16,20,22H,7-12H2,1-6H3. The number of nitrogens with zero attached hydrogens (tertiary/aromatic N) is 1. The van der Waals surface area contributed by atoms with E-state index in [4.69, 9.17) is 0 Å². The molecular weight excluding hydrogens is 288 g/mol. The summed E-state index contributed by atoms with van der Waals surface area (Å²) in [5.74, 6) is 0.264. The van der Waals surface area contributed by atoms with Crippen LogP contribution in [0.1, 0.15) is 73.6 Å². The third-order valence-electron chi connectivity index (χ3n) is 5.70.